The van der Waals surface area contributed by atoms with Crippen LogP contribution in [0.5, 0.6) is 0 Å². The smallest absolute Gasteiger partial charge is 0.328 e. The molecule has 0 heterocycles. The molecule has 1 aromatic carbocycles. The zero-order valence-electron chi connectivity index (χ0n) is 16.7. The van der Waals surface area contributed by atoms with Gasteiger partial charge >= 0.3 is 5.97 Å². The molecule has 154 valence electrons. The maximum Gasteiger partial charge on any atom is 0.328 e. The highest BCUT2D eigenvalue weighted by molar-refractivity contribution is 5.94. The van der Waals surface area contributed by atoms with Crippen LogP contribution in [0.1, 0.15) is 51.0 Å². The Kier molecular flexibility index (Phi) is 8.44. The minimum atomic E-state index is -0.738. The van der Waals surface area contributed by atoms with Gasteiger partial charge in [0.1, 0.15) is 6.04 Å². The molecule has 1 fully saturated rings. The zero-order valence-corrected chi connectivity index (χ0v) is 16.7. The van der Waals surface area contributed by atoms with E-state index in [1.807, 2.05) is 12.1 Å². The van der Waals surface area contributed by atoms with Gasteiger partial charge in [-0.15, -0.1) is 0 Å². The molecule has 7 nitrogen and oxygen atoms in total. The standard InChI is InChI=1S/C21H31N3O4/c1-3-18(25)24-17(21(27)28-2)13-14-9-11-16(12-10-14)23-20(26)19(22)15-7-5-4-6-8-15/h9-12,15,17,19H,3-8,13,22H2,1-2H3,(H,23,26)(H,24,25). The maximum absolute atomic E-state index is 12.4. The largest absolute Gasteiger partial charge is 0.467 e. The van der Waals surface area contributed by atoms with Crippen LogP contribution in [0, 0.1) is 5.92 Å². The SMILES string of the molecule is CCC(=O)NC(Cc1ccc(NC(=O)C(N)C2CCCCC2)cc1)C(=O)OC. The van der Waals surface area contributed by atoms with Crippen molar-refractivity contribution in [3.05, 3.63) is 29.8 Å². The Bertz CT molecular complexity index is 669. The van der Waals surface area contributed by atoms with Crippen LogP contribution in [0.25, 0.3) is 0 Å². The number of carbonyl (C=O) groups is 3. The molecule has 2 atom stereocenters. The van der Waals surface area contributed by atoms with Crippen molar-refractivity contribution in [2.45, 2.75) is 64.0 Å². The predicted molar refractivity (Wildman–Crippen MR) is 108 cm³/mol. The number of hydrogen-bond donors (Lipinski definition) is 3. The second kappa shape index (κ2) is 10.8. The summed E-state index contributed by atoms with van der Waals surface area (Å²) in [5.41, 5.74) is 7.65. The number of nitrogens with two attached hydrogens (primary N) is 1. The molecule has 2 unspecified atom stereocenters. The molecule has 0 aromatic heterocycles. The van der Waals surface area contributed by atoms with Crippen molar-refractivity contribution in [3.8, 4) is 0 Å². The van der Waals surface area contributed by atoms with Crippen LogP contribution in [0.3, 0.4) is 0 Å². The Labute approximate surface area is 166 Å². The molecule has 0 bridgehead atoms. The van der Waals surface area contributed by atoms with Gasteiger partial charge in [-0.3, -0.25) is 9.59 Å². The lowest BCUT2D eigenvalue weighted by Crippen LogP contribution is -2.43. The molecule has 0 saturated heterocycles. The lowest BCUT2D eigenvalue weighted by Gasteiger charge is -2.26. The summed E-state index contributed by atoms with van der Waals surface area (Å²) in [6, 6.07) is 5.95. The van der Waals surface area contributed by atoms with E-state index in [-0.39, 0.29) is 17.7 Å². The van der Waals surface area contributed by atoms with Crippen molar-refractivity contribution in [1.82, 2.24) is 5.32 Å². The number of hydrogen-bond acceptors (Lipinski definition) is 5. The number of esters is 1. The van der Waals surface area contributed by atoms with Crippen LogP contribution in [0.15, 0.2) is 24.3 Å². The minimum absolute atomic E-state index is 0.165. The van der Waals surface area contributed by atoms with Crippen LogP contribution >= 0.6 is 0 Å². The number of anilines is 1. The fraction of sp³-hybridized carbons (Fsp3) is 0.571. The second-order valence-electron chi connectivity index (χ2n) is 7.31. The van der Waals surface area contributed by atoms with Crippen LogP contribution in [-0.2, 0) is 25.5 Å². The number of nitrogens with one attached hydrogen (secondary N) is 2. The molecular formula is C21H31N3O4. The first-order valence-corrected chi connectivity index (χ1v) is 9.97. The lowest BCUT2D eigenvalue weighted by molar-refractivity contribution is -0.145. The Morgan fingerprint density at radius 1 is 1.14 bits per heavy atom. The first kappa shape index (κ1) is 21.9. The van der Waals surface area contributed by atoms with Crippen molar-refractivity contribution in [2.75, 3.05) is 12.4 Å². The van der Waals surface area contributed by atoms with Crippen LogP contribution < -0.4 is 16.4 Å². The van der Waals surface area contributed by atoms with E-state index in [9.17, 15) is 14.4 Å². The normalized spacial score (nSPS) is 16.7. The molecule has 0 spiro atoms. The van der Waals surface area contributed by atoms with Crippen molar-refractivity contribution in [2.24, 2.45) is 11.7 Å². The average molecular weight is 389 g/mol. The van der Waals surface area contributed by atoms with Crippen molar-refractivity contribution >= 4 is 23.5 Å². The summed E-state index contributed by atoms with van der Waals surface area (Å²) in [5, 5.41) is 5.53. The summed E-state index contributed by atoms with van der Waals surface area (Å²) in [6.45, 7) is 1.72. The minimum Gasteiger partial charge on any atom is -0.467 e. The highest BCUT2D eigenvalue weighted by Crippen LogP contribution is 2.26. The number of ether oxygens (including phenoxy) is 1. The van der Waals surface area contributed by atoms with Crippen LogP contribution in [0.4, 0.5) is 5.69 Å². The van der Waals surface area contributed by atoms with E-state index >= 15 is 0 Å². The van der Waals surface area contributed by atoms with Crippen LogP contribution in [-0.4, -0.2) is 37.0 Å². The molecule has 2 amide bonds. The number of benzene rings is 1. The van der Waals surface area contributed by atoms with Gasteiger partial charge in [0.2, 0.25) is 11.8 Å². The summed E-state index contributed by atoms with van der Waals surface area (Å²) >= 11 is 0. The molecule has 0 radical (unpaired) electrons. The average Bonchev–Trinajstić information content (AvgIpc) is 2.73. The summed E-state index contributed by atoms with van der Waals surface area (Å²) in [6.07, 6.45) is 6.11. The molecular weight excluding hydrogens is 358 g/mol. The van der Waals surface area contributed by atoms with Gasteiger partial charge in [0.25, 0.3) is 0 Å². The fourth-order valence-electron chi connectivity index (χ4n) is 3.52. The first-order valence-electron chi connectivity index (χ1n) is 9.97. The van der Waals surface area contributed by atoms with Crippen molar-refractivity contribution in [1.29, 1.82) is 0 Å². The van der Waals surface area contributed by atoms with E-state index in [2.05, 4.69) is 10.6 Å². The molecule has 4 N–H and O–H groups in total. The number of methoxy groups -OCH3 is 1. The van der Waals surface area contributed by atoms with Gasteiger partial charge in [-0.05, 0) is 36.5 Å². The third-order valence-corrected chi connectivity index (χ3v) is 5.26. The molecule has 1 aromatic rings. The first-order chi connectivity index (χ1) is 13.4. The van der Waals surface area contributed by atoms with Gasteiger partial charge in [0, 0.05) is 18.5 Å². The molecule has 0 aliphatic heterocycles. The quantitative estimate of drug-likeness (QED) is 0.590. The van der Waals surface area contributed by atoms with Crippen LogP contribution in [0.2, 0.25) is 0 Å². The predicted octanol–water partition coefficient (Wildman–Crippen LogP) is 2.14. The highest BCUT2D eigenvalue weighted by Gasteiger charge is 2.26. The Morgan fingerprint density at radius 2 is 1.79 bits per heavy atom. The number of amides is 2. The van der Waals surface area contributed by atoms with Crippen molar-refractivity contribution < 1.29 is 19.1 Å². The van der Waals surface area contributed by atoms with Gasteiger partial charge in [-0.1, -0.05) is 38.3 Å². The van der Waals surface area contributed by atoms with E-state index in [0.29, 0.717) is 18.5 Å². The van der Waals surface area contributed by atoms with Gasteiger partial charge < -0.3 is 21.1 Å². The summed E-state index contributed by atoms with van der Waals surface area (Å²) in [7, 11) is 1.29. The fourth-order valence-corrected chi connectivity index (χ4v) is 3.52. The Balaban J connectivity index is 1.94. The molecule has 7 heteroatoms. The Hall–Kier alpha value is -2.41. The van der Waals surface area contributed by atoms with E-state index in [1.54, 1.807) is 19.1 Å². The monoisotopic (exact) mass is 389 g/mol. The summed E-state index contributed by atoms with van der Waals surface area (Å²) < 4.78 is 4.77. The van der Waals surface area contributed by atoms with Gasteiger partial charge in [-0.25, -0.2) is 4.79 Å². The van der Waals surface area contributed by atoms with Gasteiger partial charge in [-0.2, -0.15) is 0 Å². The van der Waals surface area contributed by atoms with Gasteiger partial charge in [0.05, 0.1) is 13.2 Å². The highest BCUT2D eigenvalue weighted by atomic mass is 16.5. The lowest BCUT2D eigenvalue weighted by atomic mass is 9.84. The zero-order chi connectivity index (χ0) is 20.5. The van der Waals surface area contributed by atoms with Crippen molar-refractivity contribution in [3.63, 3.8) is 0 Å². The molecule has 28 heavy (non-hydrogen) atoms. The van der Waals surface area contributed by atoms with E-state index < -0.39 is 18.1 Å². The van der Waals surface area contributed by atoms with E-state index in [4.69, 9.17) is 10.5 Å². The number of carbonyl (C=O) groups excluding carboxylic acids is 3. The van der Waals surface area contributed by atoms with Gasteiger partial charge in [0.15, 0.2) is 0 Å². The third kappa shape index (κ3) is 6.34. The molecule has 1 aliphatic rings. The van der Waals surface area contributed by atoms with E-state index in [1.165, 1.54) is 13.5 Å². The summed E-state index contributed by atoms with van der Waals surface area (Å²) in [5.74, 6) is -0.619. The molecule has 1 aliphatic carbocycles. The third-order valence-electron chi connectivity index (χ3n) is 5.26. The Morgan fingerprint density at radius 3 is 2.36 bits per heavy atom. The topological polar surface area (TPSA) is 111 Å². The molecule has 2 rings (SSSR count). The second-order valence-corrected chi connectivity index (χ2v) is 7.31. The number of rotatable bonds is 8. The van der Waals surface area contributed by atoms with E-state index in [0.717, 1.165) is 31.2 Å². The molecule has 1 saturated carbocycles. The summed E-state index contributed by atoms with van der Waals surface area (Å²) in [4.78, 5) is 35.9. The maximum atomic E-state index is 12.4.